The van der Waals surface area contributed by atoms with Gasteiger partial charge in [-0.3, -0.25) is 9.59 Å². The Labute approximate surface area is 176 Å². The second-order valence-electron chi connectivity index (χ2n) is 6.72. The summed E-state index contributed by atoms with van der Waals surface area (Å²) in [5.41, 5.74) is 1.92. The van der Waals surface area contributed by atoms with Gasteiger partial charge >= 0.3 is 0 Å². The third-order valence-electron chi connectivity index (χ3n) is 4.52. The second-order valence-corrected chi connectivity index (χ2v) is 7.54. The molecule has 0 aromatic heterocycles. The highest BCUT2D eigenvalue weighted by molar-refractivity contribution is 6.42. The Bertz CT molecular complexity index is 796. The summed E-state index contributed by atoms with van der Waals surface area (Å²) in [5.74, 6) is -0.232. The van der Waals surface area contributed by atoms with Crippen LogP contribution in [0.3, 0.4) is 0 Å². The number of carbonyl (C=O) groups is 2. The number of halogens is 2. The van der Waals surface area contributed by atoms with Crippen LogP contribution in [0.1, 0.15) is 37.8 Å². The van der Waals surface area contributed by atoms with Crippen molar-refractivity contribution in [3.63, 3.8) is 0 Å². The Morgan fingerprint density at radius 2 is 1.75 bits per heavy atom. The predicted octanol–water partition coefficient (Wildman–Crippen LogP) is 4.87. The predicted molar refractivity (Wildman–Crippen MR) is 115 cm³/mol. The molecule has 150 valence electrons. The number of carbonyl (C=O) groups excluding carboxylic acids is 2. The zero-order valence-corrected chi connectivity index (χ0v) is 17.8. The zero-order chi connectivity index (χ0) is 20.5. The molecule has 28 heavy (non-hydrogen) atoms. The molecule has 0 bridgehead atoms. The molecule has 1 atom stereocenters. The van der Waals surface area contributed by atoms with E-state index in [-0.39, 0.29) is 11.8 Å². The largest absolute Gasteiger partial charge is 0.354 e. The minimum absolute atomic E-state index is 0.0749. The molecule has 4 nitrogen and oxygen atoms in total. The van der Waals surface area contributed by atoms with Crippen LogP contribution in [-0.4, -0.2) is 29.3 Å². The average molecular weight is 421 g/mol. The van der Waals surface area contributed by atoms with E-state index in [1.54, 1.807) is 24.0 Å². The fourth-order valence-corrected chi connectivity index (χ4v) is 3.17. The highest BCUT2D eigenvalue weighted by Crippen LogP contribution is 2.24. The number of nitrogens with zero attached hydrogens (tertiary/aromatic N) is 1. The molecule has 0 saturated carbocycles. The molecule has 0 saturated heterocycles. The number of hydrogen-bond acceptors (Lipinski definition) is 2. The van der Waals surface area contributed by atoms with Crippen molar-refractivity contribution in [1.82, 2.24) is 10.2 Å². The van der Waals surface area contributed by atoms with Crippen LogP contribution in [0.15, 0.2) is 48.5 Å². The lowest BCUT2D eigenvalue weighted by Gasteiger charge is -2.29. The molecule has 0 radical (unpaired) electrons. The molecule has 0 fully saturated rings. The molecular formula is C22H26Cl2N2O2. The van der Waals surface area contributed by atoms with Crippen molar-refractivity contribution < 1.29 is 9.59 Å². The maximum absolute atomic E-state index is 13.0. The van der Waals surface area contributed by atoms with Crippen LogP contribution in [0.5, 0.6) is 0 Å². The van der Waals surface area contributed by atoms with E-state index in [1.807, 2.05) is 43.3 Å². The topological polar surface area (TPSA) is 49.4 Å². The van der Waals surface area contributed by atoms with Gasteiger partial charge in [-0.25, -0.2) is 0 Å². The number of aryl methyl sites for hydroxylation is 1. The van der Waals surface area contributed by atoms with E-state index in [2.05, 4.69) is 5.32 Å². The van der Waals surface area contributed by atoms with Gasteiger partial charge in [0.25, 0.3) is 0 Å². The van der Waals surface area contributed by atoms with Gasteiger partial charge in [-0.15, -0.1) is 0 Å². The first kappa shape index (κ1) is 22.3. The van der Waals surface area contributed by atoms with Gasteiger partial charge in [0.1, 0.15) is 6.04 Å². The van der Waals surface area contributed by atoms with Crippen molar-refractivity contribution >= 4 is 35.0 Å². The van der Waals surface area contributed by atoms with Crippen molar-refractivity contribution in [2.75, 3.05) is 6.54 Å². The van der Waals surface area contributed by atoms with Gasteiger partial charge in [-0.1, -0.05) is 66.5 Å². The Morgan fingerprint density at radius 1 is 1.04 bits per heavy atom. The first-order valence-corrected chi connectivity index (χ1v) is 10.2. The summed E-state index contributed by atoms with van der Waals surface area (Å²) in [6.07, 6.45) is 1.80. The lowest BCUT2D eigenvalue weighted by molar-refractivity contribution is -0.140. The summed E-state index contributed by atoms with van der Waals surface area (Å²) < 4.78 is 0. The molecule has 6 heteroatoms. The summed E-state index contributed by atoms with van der Waals surface area (Å²) >= 11 is 12.1. The highest BCUT2D eigenvalue weighted by atomic mass is 35.5. The van der Waals surface area contributed by atoms with Crippen LogP contribution in [0.2, 0.25) is 10.0 Å². The first-order valence-electron chi connectivity index (χ1n) is 9.47. The minimum Gasteiger partial charge on any atom is -0.354 e. The summed E-state index contributed by atoms with van der Waals surface area (Å²) in [6, 6.07) is 14.5. The average Bonchev–Trinajstić information content (AvgIpc) is 2.71. The van der Waals surface area contributed by atoms with Crippen LogP contribution in [0, 0.1) is 0 Å². The standard InChI is InChI=1S/C22H26Cl2N2O2/c1-3-13-25-22(28)16(2)26(15-18-9-11-19(23)20(24)14-18)21(27)12-10-17-7-5-4-6-8-17/h4-9,11,14,16H,3,10,12-13,15H2,1-2H3,(H,25,28)/t16-/m0/s1. The molecule has 0 spiro atoms. The van der Waals surface area contributed by atoms with Crippen molar-refractivity contribution in [2.45, 2.75) is 45.7 Å². The SMILES string of the molecule is CCCNC(=O)[C@H](C)N(Cc1ccc(Cl)c(Cl)c1)C(=O)CCc1ccccc1. The van der Waals surface area contributed by atoms with Gasteiger partial charge in [0.2, 0.25) is 11.8 Å². The van der Waals surface area contributed by atoms with E-state index >= 15 is 0 Å². The molecule has 0 unspecified atom stereocenters. The van der Waals surface area contributed by atoms with Gasteiger partial charge in [0, 0.05) is 19.5 Å². The number of hydrogen-bond donors (Lipinski definition) is 1. The van der Waals surface area contributed by atoms with E-state index in [9.17, 15) is 9.59 Å². The first-order chi connectivity index (χ1) is 13.4. The third-order valence-corrected chi connectivity index (χ3v) is 5.26. The fourth-order valence-electron chi connectivity index (χ4n) is 2.85. The van der Waals surface area contributed by atoms with Gasteiger partial charge in [0.05, 0.1) is 10.0 Å². The van der Waals surface area contributed by atoms with E-state index in [4.69, 9.17) is 23.2 Å². The van der Waals surface area contributed by atoms with Crippen molar-refractivity contribution in [2.24, 2.45) is 0 Å². The number of benzene rings is 2. The van der Waals surface area contributed by atoms with Crippen LogP contribution >= 0.6 is 23.2 Å². The lowest BCUT2D eigenvalue weighted by Crippen LogP contribution is -2.47. The molecule has 2 aromatic rings. The maximum Gasteiger partial charge on any atom is 0.242 e. The van der Waals surface area contributed by atoms with E-state index in [1.165, 1.54) is 0 Å². The fraction of sp³-hybridized carbons (Fsp3) is 0.364. The van der Waals surface area contributed by atoms with E-state index in [0.717, 1.165) is 17.5 Å². The molecule has 0 aliphatic rings. The molecule has 2 amide bonds. The van der Waals surface area contributed by atoms with Crippen molar-refractivity contribution in [1.29, 1.82) is 0 Å². The zero-order valence-electron chi connectivity index (χ0n) is 16.3. The summed E-state index contributed by atoms with van der Waals surface area (Å²) in [6.45, 7) is 4.62. The summed E-state index contributed by atoms with van der Waals surface area (Å²) in [4.78, 5) is 27.1. The Kier molecular flexibility index (Phi) is 8.81. The van der Waals surface area contributed by atoms with Gasteiger partial charge in [-0.2, -0.15) is 0 Å². The van der Waals surface area contributed by atoms with Gasteiger partial charge < -0.3 is 10.2 Å². The lowest BCUT2D eigenvalue weighted by atomic mass is 10.1. The number of nitrogens with one attached hydrogen (secondary N) is 1. The van der Waals surface area contributed by atoms with Gasteiger partial charge in [-0.05, 0) is 43.0 Å². The maximum atomic E-state index is 13.0. The minimum atomic E-state index is -0.579. The molecule has 2 aromatic carbocycles. The Morgan fingerprint density at radius 3 is 2.39 bits per heavy atom. The molecule has 0 aliphatic heterocycles. The number of rotatable bonds is 9. The van der Waals surface area contributed by atoms with Crippen molar-refractivity contribution in [3.05, 3.63) is 69.7 Å². The summed E-state index contributed by atoms with van der Waals surface area (Å²) in [5, 5.41) is 3.76. The quantitative estimate of drug-likeness (QED) is 0.628. The number of amides is 2. The van der Waals surface area contributed by atoms with Crippen LogP contribution in [-0.2, 0) is 22.6 Å². The molecular weight excluding hydrogens is 395 g/mol. The van der Waals surface area contributed by atoms with Gasteiger partial charge in [0.15, 0.2) is 0 Å². The van der Waals surface area contributed by atoms with Crippen LogP contribution in [0.25, 0.3) is 0 Å². The van der Waals surface area contributed by atoms with E-state index < -0.39 is 6.04 Å². The highest BCUT2D eigenvalue weighted by Gasteiger charge is 2.25. The Balaban J connectivity index is 2.15. The molecule has 2 rings (SSSR count). The van der Waals surface area contributed by atoms with Crippen LogP contribution in [0.4, 0.5) is 0 Å². The monoisotopic (exact) mass is 420 g/mol. The van der Waals surface area contributed by atoms with Crippen molar-refractivity contribution in [3.8, 4) is 0 Å². The molecule has 1 N–H and O–H groups in total. The smallest absolute Gasteiger partial charge is 0.242 e. The molecule has 0 aliphatic carbocycles. The second kappa shape index (κ2) is 11.1. The summed E-state index contributed by atoms with van der Waals surface area (Å²) in [7, 11) is 0. The molecule has 0 heterocycles. The van der Waals surface area contributed by atoms with Crippen LogP contribution < -0.4 is 5.32 Å². The van der Waals surface area contributed by atoms with E-state index in [0.29, 0.717) is 36.0 Å². The third kappa shape index (κ3) is 6.54. The normalized spacial score (nSPS) is 11.7. The Hall–Kier alpha value is -2.04.